The Morgan fingerprint density at radius 2 is 1.96 bits per heavy atom. The molecule has 6 heteroatoms. The molecule has 4 rings (SSSR count). The molecule has 1 amide bonds. The summed E-state index contributed by atoms with van der Waals surface area (Å²) in [5.74, 6) is 0.299. The molecule has 1 aliphatic rings. The topological polar surface area (TPSA) is 87.7 Å². The van der Waals surface area contributed by atoms with Crippen molar-refractivity contribution in [3.05, 3.63) is 82.0 Å². The number of amides is 1. The predicted octanol–water partition coefficient (Wildman–Crippen LogP) is 2.53. The second-order valence-electron chi connectivity index (χ2n) is 7.32. The van der Waals surface area contributed by atoms with Crippen LogP contribution in [0, 0.1) is 6.92 Å². The second-order valence-corrected chi connectivity index (χ2v) is 7.32. The highest BCUT2D eigenvalue weighted by molar-refractivity contribution is 5.79. The lowest BCUT2D eigenvalue weighted by molar-refractivity contribution is -0.120. The molecule has 0 atom stereocenters. The highest BCUT2D eigenvalue weighted by Gasteiger charge is 2.44. The van der Waals surface area contributed by atoms with Gasteiger partial charge in [-0.25, -0.2) is 4.98 Å². The van der Waals surface area contributed by atoms with E-state index in [1.54, 1.807) is 25.4 Å². The number of aryl methyl sites for hydroxylation is 1. The van der Waals surface area contributed by atoms with Crippen molar-refractivity contribution in [3.8, 4) is 11.4 Å². The average Bonchev–Trinajstić information content (AvgIpc) is 3.52. The average molecular weight is 374 g/mol. The number of hydrogen-bond acceptors (Lipinski definition) is 4. The zero-order chi connectivity index (χ0) is 19.6. The van der Waals surface area contributed by atoms with Crippen LogP contribution in [-0.2, 0) is 16.6 Å². The smallest absolute Gasteiger partial charge is 0.255 e. The summed E-state index contributed by atoms with van der Waals surface area (Å²) in [6, 6.07) is 13.9. The quantitative estimate of drug-likeness (QED) is 0.694. The summed E-state index contributed by atoms with van der Waals surface area (Å²) >= 11 is 0. The van der Waals surface area contributed by atoms with E-state index in [9.17, 15) is 9.59 Å². The van der Waals surface area contributed by atoms with E-state index in [-0.39, 0.29) is 23.3 Å². The zero-order valence-electron chi connectivity index (χ0n) is 15.7. The lowest BCUT2D eigenvalue weighted by Crippen LogP contribution is -2.34. The first-order valence-electron chi connectivity index (χ1n) is 9.40. The van der Waals surface area contributed by atoms with E-state index in [1.165, 1.54) is 5.56 Å². The molecule has 0 radical (unpaired) electrons. The number of rotatable bonds is 6. The molecule has 1 aromatic carbocycles. The molecule has 2 heterocycles. The van der Waals surface area contributed by atoms with Crippen molar-refractivity contribution in [2.24, 2.45) is 0 Å². The molecule has 0 saturated heterocycles. The van der Waals surface area contributed by atoms with Crippen molar-refractivity contribution < 1.29 is 4.79 Å². The lowest BCUT2D eigenvalue weighted by Gasteiger charge is -2.16. The maximum Gasteiger partial charge on any atom is 0.255 e. The summed E-state index contributed by atoms with van der Waals surface area (Å²) in [5.41, 5.74) is 2.70. The van der Waals surface area contributed by atoms with E-state index in [2.05, 4.69) is 32.4 Å². The number of carbonyl (C=O) groups excluding carboxylic acids is 1. The van der Waals surface area contributed by atoms with Crippen LogP contribution in [0.1, 0.15) is 29.7 Å². The number of pyridine rings is 1. The number of nitrogens with one attached hydrogen (secondary N) is 2. The van der Waals surface area contributed by atoms with E-state index < -0.39 is 0 Å². The van der Waals surface area contributed by atoms with Gasteiger partial charge in [-0.3, -0.25) is 14.6 Å². The monoisotopic (exact) mass is 374 g/mol. The summed E-state index contributed by atoms with van der Waals surface area (Å²) in [4.78, 5) is 36.2. The number of H-pyrrole nitrogens is 1. The minimum Gasteiger partial charge on any atom is -0.355 e. The van der Waals surface area contributed by atoms with Gasteiger partial charge in [-0.2, -0.15) is 0 Å². The van der Waals surface area contributed by atoms with Gasteiger partial charge in [0, 0.05) is 41.2 Å². The first kappa shape index (κ1) is 18.1. The van der Waals surface area contributed by atoms with Crippen LogP contribution in [0.3, 0.4) is 0 Å². The fourth-order valence-electron chi connectivity index (χ4n) is 3.46. The Kier molecular flexibility index (Phi) is 4.77. The van der Waals surface area contributed by atoms with E-state index in [1.807, 2.05) is 24.3 Å². The van der Waals surface area contributed by atoms with Crippen molar-refractivity contribution >= 4 is 5.91 Å². The van der Waals surface area contributed by atoms with Crippen LogP contribution in [0.15, 0.2) is 59.7 Å². The van der Waals surface area contributed by atoms with Gasteiger partial charge >= 0.3 is 0 Å². The van der Waals surface area contributed by atoms with Gasteiger partial charge in [0.25, 0.3) is 5.56 Å². The van der Waals surface area contributed by atoms with Gasteiger partial charge in [0.1, 0.15) is 5.82 Å². The van der Waals surface area contributed by atoms with Crippen LogP contribution in [0.5, 0.6) is 0 Å². The Balaban J connectivity index is 1.44. The molecule has 1 fully saturated rings. The summed E-state index contributed by atoms with van der Waals surface area (Å²) in [7, 11) is 0. The zero-order valence-corrected chi connectivity index (χ0v) is 15.7. The third-order valence-corrected chi connectivity index (χ3v) is 5.36. The third kappa shape index (κ3) is 3.71. The summed E-state index contributed by atoms with van der Waals surface area (Å²) in [6.07, 6.45) is 5.46. The van der Waals surface area contributed by atoms with Crippen molar-refractivity contribution in [1.82, 2.24) is 20.3 Å². The van der Waals surface area contributed by atoms with Crippen LogP contribution in [0.2, 0.25) is 0 Å². The van der Waals surface area contributed by atoms with E-state index in [0.717, 1.165) is 18.4 Å². The Labute approximate surface area is 163 Å². The summed E-state index contributed by atoms with van der Waals surface area (Å²) < 4.78 is 0. The molecular formula is C22H22N4O2. The molecule has 0 unspecified atom stereocenters. The van der Waals surface area contributed by atoms with Crippen LogP contribution in [-0.4, -0.2) is 27.4 Å². The van der Waals surface area contributed by atoms with Gasteiger partial charge in [0.05, 0.1) is 6.42 Å². The molecule has 1 saturated carbocycles. The Morgan fingerprint density at radius 1 is 1.18 bits per heavy atom. The molecule has 28 heavy (non-hydrogen) atoms. The van der Waals surface area contributed by atoms with Crippen LogP contribution in [0.25, 0.3) is 11.4 Å². The van der Waals surface area contributed by atoms with Gasteiger partial charge in [0.15, 0.2) is 0 Å². The van der Waals surface area contributed by atoms with Crippen molar-refractivity contribution in [1.29, 1.82) is 0 Å². The van der Waals surface area contributed by atoms with Crippen LogP contribution in [0.4, 0.5) is 0 Å². The molecule has 0 bridgehead atoms. The number of aromatic amines is 1. The van der Waals surface area contributed by atoms with Gasteiger partial charge in [-0.1, -0.05) is 30.3 Å². The molecule has 2 aromatic heterocycles. The third-order valence-electron chi connectivity index (χ3n) is 5.36. The van der Waals surface area contributed by atoms with Gasteiger partial charge in [-0.05, 0) is 37.5 Å². The minimum atomic E-state index is -0.286. The van der Waals surface area contributed by atoms with Gasteiger partial charge in [-0.15, -0.1) is 0 Å². The SMILES string of the molecule is Cc1nc(-c2cccnc2)[nH]c(=O)c1CC(=O)NCC1(c2ccccc2)CC1. The molecule has 2 N–H and O–H groups in total. The molecule has 142 valence electrons. The number of carbonyl (C=O) groups is 1. The van der Waals surface area contributed by atoms with Gasteiger partial charge in [0.2, 0.25) is 5.91 Å². The fraction of sp³-hybridized carbons (Fsp3) is 0.273. The Morgan fingerprint density at radius 3 is 2.61 bits per heavy atom. The van der Waals surface area contributed by atoms with Gasteiger partial charge < -0.3 is 10.3 Å². The van der Waals surface area contributed by atoms with Crippen LogP contribution >= 0.6 is 0 Å². The van der Waals surface area contributed by atoms with Crippen molar-refractivity contribution in [2.45, 2.75) is 31.6 Å². The highest BCUT2D eigenvalue weighted by atomic mass is 16.2. The summed E-state index contributed by atoms with van der Waals surface area (Å²) in [5, 5.41) is 3.00. The summed E-state index contributed by atoms with van der Waals surface area (Å²) in [6.45, 7) is 2.35. The molecular weight excluding hydrogens is 352 g/mol. The number of aromatic nitrogens is 3. The Bertz CT molecular complexity index is 1040. The minimum absolute atomic E-state index is 0.0202. The largest absolute Gasteiger partial charge is 0.355 e. The van der Waals surface area contributed by atoms with Crippen LogP contribution < -0.4 is 10.9 Å². The standard InChI is InChI=1S/C22H22N4O2/c1-15-18(21(28)26-20(25-15)16-6-5-11-23-13-16)12-19(27)24-14-22(9-10-22)17-7-3-2-4-8-17/h2-8,11,13H,9-10,12,14H2,1H3,(H,24,27)(H,25,26,28). The Hall–Kier alpha value is -3.28. The van der Waals surface area contributed by atoms with E-state index >= 15 is 0 Å². The maximum absolute atomic E-state index is 12.5. The molecule has 1 aliphatic carbocycles. The lowest BCUT2D eigenvalue weighted by atomic mass is 9.96. The molecule has 0 spiro atoms. The second kappa shape index (κ2) is 7.38. The number of hydrogen-bond donors (Lipinski definition) is 2. The fourth-order valence-corrected chi connectivity index (χ4v) is 3.46. The molecule has 0 aliphatic heterocycles. The van der Waals surface area contributed by atoms with E-state index in [0.29, 0.717) is 23.6 Å². The first-order chi connectivity index (χ1) is 13.6. The van der Waals surface area contributed by atoms with Crippen molar-refractivity contribution in [2.75, 3.05) is 6.54 Å². The first-order valence-corrected chi connectivity index (χ1v) is 9.40. The number of nitrogens with zero attached hydrogens (tertiary/aromatic N) is 2. The van der Waals surface area contributed by atoms with Crippen molar-refractivity contribution in [3.63, 3.8) is 0 Å². The predicted molar refractivity (Wildman–Crippen MR) is 107 cm³/mol. The normalized spacial score (nSPS) is 14.5. The molecule has 3 aromatic rings. The maximum atomic E-state index is 12.5. The molecule has 6 nitrogen and oxygen atoms in total. The van der Waals surface area contributed by atoms with E-state index in [4.69, 9.17) is 0 Å². The highest BCUT2D eigenvalue weighted by Crippen LogP contribution is 2.47. The number of benzene rings is 1.